The van der Waals surface area contributed by atoms with Gasteiger partial charge in [-0.2, -0.15) is 0 Å². The summed E-state index contributed by atoms with van der Waals surface area (Å²) in [5, 5.41) is 9.22. The van der Waals surface area contributed by atoms with Crippen LogP contribution in [0.2, 0.25) is 0 Å². The predicted octanol–water partition coefficient (Wildman–Crippen LogP) is 1.39. The van der Waals surface area contributed by atoms with Gasteiger partial charge in [0.05, 0.1) is 13.2 Å². The zero-order valence-corrected chi connectivity index (χ0v) is 10.7. The van der Waals surface area contributed by atoms with Gasteiger partial charge in [-0.25, -0.2) is 0 Å². The van der Waals surface area contributed by atoms with Crippen molar-refractivity contribution < 1.29 is 14.6 Å². The molecule has 0 bridgehead atoms. The maximum atomic E-state index is 9.22. The minimum absolute atomic E-state index is 0.314. The molecule has 4 heteroatoms. The Hall–Kier alpha value is -1.26. The van der Waals surface area contributed by atoms with Crippen LogP contribution in [0.25, 0.3) is 0 Å². The Morgan fingerprint density at radius 2 is 1.94 bits per heavy atom. The predicted molar refractivity (Wildman–Crippen MR) is 67.7 cm³/mol. The van der Waals surface area contributed by atoms with E-state index in [0.717, 1.165) is 18.0 Å². The van der Waals surface area contributed by atoms with Gasteiger partial charge < -0.3 is 19.5 Å². The van der Waals surface area contributed by atoms with E-state index in [-0.39, 0.29) is 6.10 Å². The third kappa shape index (κ3) is 5.06. The summed E-state index contributed by atoms with van der Waals surface area (Å²) in [4.78, 5) is 2.03. The lowest BCUT2D eigenvalue weighted by Crippen LogP contribution is -2.30. The van der Waals surface area contributed by atoms with Gasteiger partial charge in [0.1, 0.15) is 6.61 Å². The quantitative estimate of drug-likeness (QED) is 0.780. The highest BCUT2D eigenvalue weighted by atomic mass is 16.5. The number of aliphatic hydroxyl groups excluding tert-OH is 1. The Kier molecular flexibility index (Phi) is 5.80. The Bertz CT molecular complexity index is 328. The van der Waals surface area contributed by atoms with Crippen LogP contribution in [0, 0.1) is 0 Å². The molecule has 0 spiro atoms. The second kappa shape index (κ2) is 7.14. The van der Waals surface area contributed by atoms with E-state index in [0.29, 0.717) is 13.2 Å². The second-order valence-electron chi connectivity index (χ2n) is 4.11. The van der Waals surface area contributed by atoms with Gasteiger partial charge in [0.15, 0.2) is 11.5 Å². The lowest BCUT2D eigenvalue weighted by molar-refractivity contribution is 0.130. The molecule has 1 atom stereocenters. The van der Waals surface area contributed by atoms with Crippen LogP contribution in [-0.2, 0) is 0 Å². The maximum Gasteiger partial charge on any atom is 0.161 e. The molecule has 17 heavy (non-hydrogen) atoms. The average molecular weight is 239 g/mol. The van der Waals surface area contributed by atoms with Crippen molar-refractivity contribution in [2.45, 2.75) is 13.0 Å². The fraction of sp³-hybridized carbons (Fsp3) is 0.538. The lowest BCUT2D eigenvalue weighted by atomic mass is 10.3. The molecule has 0 aromatic heterocycles. The minimum atomic E-state index is -0.314. The molecule has 0 amide bonds. The first-order chi connectivity index (χ1) is 8.13. The number of para-hydroxylation sites is 2. The molecule has 0 fully saturated rings. The minimum Gasteiger partial charge on any atom is -0.493 e. The summed E-state index contributed by atoms with van der Waals surface area (Å²) in [6.07, 6.45) is -0.314. The molecule has 0 saturated heterocycles. The Morgan fingerprint density at radius 3 is 2.53 bits per heavy atom. The van der Waals surface area contributed by atoms with E-state index >= 15 is 0 Å². The Morgan fingerprint density at radius 1 is 1.29 bits per heavy atom. The number of nitrogens with zero attached hydrogens (tertiary/aromatic N) is 1. The largest absolute Gasteiger partial charge is 0.493 e. The monoisotopic (exact) mass is 239 g/mol. The van der Waals surface area contributed by atoms with Crippen LogP contribution in [-0.4, -0.2) is 50.0 Å². The molecule has 96 valence electrons. The molecular formula is C13H21NO3. The molecule has 0 saturated carbocycles. The summed E-state index contributed by atoms with van der Waals surface area (Å²) >= 11 is 0. The van der Waals surface area contributed by atoms with Gasteiger partial charge in [0.2, 0.25) is 0 Å². The van der Waals surface area contributed by atoms with Crippen molar-refractivity contribution in [1.29, 1.82) is 0 Å². The lowest BCUT2D eigenvalue weighted by Gasteiger charge is -2.18. The van der Waals surface area contributed by atoms with Crippen LogP contribution in [0.5, 0.6) is 11.5 Å². The van der Waals surface area contributed by atoms with Crippen molar-refractivity contribution in [3.63, 3.8) is 0 Å². The third-order valence-corrected chi connectivity index (χ3v) is 2.38. The number of likely N-dealkylation sites (N-methyl/N-ethyl adjacent to an activating group) is 1. The van der Waals surface area contributed by atoms with E-state index in [1.165, 1.54) is 0 Å². The van der Waals surface area contributed by atoms with Crippen molar-refractivity contribution in [3.05, 3.63) is 24.3 Å². The zero-order chi connectivity index (χ0) is 12.7. The third-order valence-electron chi connectivity index (χ3n) is 2.38. The Labute approximate surface area is 103 Å². The van der Waals surface area contributed by atoms with Crippen LogP contribution < -0.4 is 9.47 Å². The molecule has 1 N–H and O–H groups in total. The molecule has 0 heterocycles. The van der Waals surface area contributed by atoms with E-state index in [4.69, 9.17) is 9.47 Å². The van der Waals surface area contributed by atoms with E-state index in [9.17, 15) is 5.11 Å². The maximum absolute atomic E-state index is 9.22. The first-order valence-corrected chi connectivity index (χ1v) is 5.76. The molecule has 0 aliphatic rings. The first-order valence-electron chi connectivity index (χ1n) is 5.76. The number of aliphatic hydroxyl groups is 1. The number of ether oxygens (including phenoxy) is 2. The summed E-state index contributed by atoms with van der Waals surface area (Å²) < 4.78 is 10.8. The number of hydrogen-bond acceptors (Lipinski definition) is 4. The smallest absolute Gasteiger partial charge is 0.161 e. The average Bonchev–Trinajstić information content (AvgIpc) is 2.28. The van der Waals surface area contributed by atoms with Crippen molar-refractivity contribution in [3.8, 4) is 11.5 Å². The number of methoxy groups -OCH3 is 1. The summed E-state index contributed by atoms with van der Waals surface area (Å²) in [5.74, 6) is 1.49. The summed E-state index contributed by atoms with van der Waals surface area (Å²) in [6, 6.07) is 7.57. The Balaban J connectivity index is 2.35. The van der Waals surface area contributed by atoms with Gasteiger partial charge in [0, 0.05) is 13.1 Å². The molecule has 1 rings (SSSR count). The van der Waals surface area contributed by atoms with E-state index < -0.39 is 0 Å². The molecule has 0 aliphatic heterocycles. The second-order valence-corrected chi connectivity index (χ2v) is 4.11. The van der Waals surface area contributed by atoms with Gasteiger partial charge in [-0.05, 0) is 26.1 Å². The SMILES string of the molecule is COc1ccccc1OCCN(C)CC(C)O. The normalized spacial score (nSPS) is 12.5. The summed E-state index contributed by atoms with van der Waals surface area (Å²) in [7, 11) is 3.58. The summed E-state index contributed by atoms with van der Waals surface area (Å²) in [5.41, 5.74) is 0. The van der Waals surface area contributed by atoms with Gasteiger partial charge in [-0.15, -0.1) is 0 Å². The topological polar surface area (TPSA) is 41.9 Å². The first kappa shape index (κ1) is 13.8. The number of benzene rings is 1. The van der Waals surface area contributed by atoms with E-state index in [1.807, 2.05) is 36.2 Å². The fourth-order valence-electron chi connectivity index (χ4n) is 1.59. The highest BCUT2D eigenvalue weighted by Gasteiger charge is 2.05. The van der Waals surface area contributed by atoms with Crippen molar-refractivity contribution in [1.82, 2.24) is 4.90 Å². The molecule has 1 aromatic carbocycles. The van der Waals surface area contributed by atoms with Crippen molar-refractivity contribution >= 4 is 0 Å². The van der Waals surface area contributed by atoms with E-state index in [1.54, 1.807) is 14.0 Å². The molecule has 0 radical (unpaired) electrons. The van der Waals surface area contributed by atoms with Crippen LogP contribution in [0.3, 0.4) is 0 Å². The highest BCUT2D eigenvalue weighted by molar-refractivity contribution is 5.39. The zero-order valence-electron chi connectivity index (χ0n) is 10.7. The van der Waals surface area contributed by atoms with Crippen LogP contribution >= 0.6 is 0 Å². The van der Waals surface area contributed by atoms with Crippen LogP contribution in [0.15, 0.2) is 24.3 Å². The van der Waals surface area contributed by atoms with Crippen LogP contribution in [0.4, 0.5) is 0 Å². The highest BCUT2D eigenvalue weighted by Crippen LogP contribution is 2.25. The van der Waals surface area contributed by atoms with Crippen molar-refractivity contribution in [2.24, 2.45) is 0 Å². The van der Waals surface area contributed by atoms with Crippen LogP contribution in [0.1, 0.15) is 6.92 Å². The van der Waals surface area contributed by atoms with E-state index in [2.05, 4.69) is 0 Å². The molecule has 1 unspecified atom stereocenters. The molecule has 1 aromatic rings. The standard InChI is InChI=1S/C13H21NO3/c1-11(15)10-14(2)8-9-17-13-7-5-4-6-12(13)16-3/h4-7,11,15H,8-10H2,1-3H3. The summed E-state index contributed by atoms with van der Waals surface area (Å²) in [6.45, 7) is 3.76. The molecule has 4 nitrogen and oxygen atoms in total. The van der Waals surface area contributed by atoms with Gasteiger partial charge in [0.25, 0.3) is 0 Å². The van der Waals surface area contributed by atoms with Crippen molar-refractivity contribution in [2.75, 3.05) is 33.9 Å². The van der Waals surface area contributed by atoms with Gasteiger partial charge in [-0.1, -0.05) is 12.1 Å². The van der Waals surface area contributed by atoms with Gasteiger partial charge in [-0.3, -0.25) is 0 Å². The van der Waals surface area contributed by atoms with Gasteiger partial charge >= 0.3 is 0 Å². The number of rotatable bonds is 7. The number of hydrogen-bond donors (Lipinski definition) is 1. The molecule has 0 aliphatic carbocycles. The molecular weight excluding hydrogens is 218 g/mol. The fourth-order valence-corrected chi connectivity index (χ4v) is 1.59.